The lowest BCUT2D eigenvalue weighted by Gasteiger charge is -2.44. The molecule has 5 aliphatic rings. The molecule has 0 aliphatic carbocycles. The zero-order chi connectivity index (χ0) is 31.4. The Morgan fingerprint density at radius 2 is 1.86 bits per heavy atom. The Hall–Kier alpha value is -3.06. The van der Waals surface area contributed by atoms with Crippen molar-refractivity contribution in [2.24, 2.45) is 0 Å². The highest BCUT2D eigenvalue weighted by molar-refractivity contribution is 6.30. The third kappa shape index (κ3) is 5.73. The number of anilines is 1. The summed E-state index contributed by atoms with van der Waals surface area (Å²) in [6.07, 6.45) is 3.05. The Morgan fingerprint density at radius 3 is 2.61 bits per heavy atom. The highest BCUT2D eigenvalue weighted by Crippen LogP contribution is 2.42. The zero-order valence-electron chi connectivity index (χ0n) is 25.6. The Morgan fingerprint density at radius 1 is 1.09 bits per heavy atom. The fraction of sp³-hybridized carbons (Fsp3) is 0.700. The van der Waals surface area contributed by atoms with Crippen LogP contribution in [0, 0.1) is 5.82 Å². The normalized spacial score (nSPS) is 27.0. The lowest BCUT2D eigenvalue weighted by Crippen LogP contribution is -2.59. The molecule has 2 aromatic rings. The first-order chi connectivity index (χ1) is 20.9. The van der Waals surface area contributed by atoms with Crippen LogP contribution in [0.5, 0.6) is 6.01 Å². The summed E-state index contributed by atoms with van der Waals surface area (Å²) in [5.74, 6) is -1.44. The maximum absolute atomic E-state index is 15.7. The van der Waals surface area contributed by atoms with Crippen molar-refractivity contribution in [2.45, 2.75) is 95.6 Å². The largest absolute Gasteiger partial charge is 0.461 e. The summed E-state index contributed by atoms with van der Waals surface area (Å²) in [7, 11) is 0. The number of rotatable bonds is 6. The van der Waals surface area contributed by atoms with Gasteiger partial charge < -0.3 is 24.0 Å². The van der Waals surface area contributed by atoms with Crippen LogP contribution in [0.4, 0.5) is 19.4 Å². The van der Waals surface area contributed by atoms with Gasteiger partial charge in [-0.1, -0.05) is 11.6 Å². The molecule has 7 heterocycles. The summed E-state index contributed by atoms with van der Waals surface area (Å²) in [6, 6.07) is -0.525. The molecule has 11 nitrogen and oxygen atoms in total. The van der Waals surface area contributed by atoms with E-state index in [0.717, 1.165) is 38.6 Å². The predicted molar refractivity (Wildman–Crippen MR) is 159 cm³/mol. The molecule has 0 radical (unpaired) electrons. The number of hydrogen-bond donors (Lipinski definition) is 0. The maximum Gasteiger partial charge on any atom is 0.410 e. The van der Waals surface area contributed by atoms with Crippen molar-refractivity contribution in [3.05, 3.63) is 16.7 Å². The molecule has 5 saturated heterocycles. The van der Waals surface area contributed by atoms with Crippen LogP contribution in [0.1, 0.15) is 76.7 Å². The standard InChI is InChI=1S/C30H39ClF2N6O5/c1-5-42-26(40)23-20-22(21(33)24(31)34-23)35-27(43-16-30-10-7-11-37(30)13-17(32)12-30)36-25(20)38-14-19-9-6-8-18(38)15-39(19)28(41)44-29(2,3)4/h17-19H,5-16H2,1-4H3/t17-,18?,19?,30+/m1/s1. The first-order valence-electron chi connectivity index (χ1n) is 15.4. The number of halogens is 3. The molecule has 7 rings (SSSR count). The Labute approximate surface area is 260 Å². The average molecular weight is 637 g/mol. The number of ether oxygens (including phenoxy) is 3. The van der Waals surface area contributed by atoms with E-state index in [1.165, 1.54) is 0 Å². The van der Waals surface area contributed by atoms with Crippen LogP contribution >= 0.6 is 11.6 Å². The second-order valence-electron chi connectivity index (χ2n) is 13.2. The molecule has 0 N–H and O–H groups in total. The minimum absolute atomic E-state index is 0.0689. The average Bonchev–Trinajstić information content (AvgIpc) is 3.29. The SMILES string of the molecule is CCOC(=O)c1nc(Cl)c(F)c2nc(OC[C@@]34CCCN3C[C@H](F)C4)nc(N3CC4CCCC3CN4C(=O)OC(C)(C)C)c12. The van der Waals surface area contributed by atoms with Gasteiger partial charge in [-0.2, -0.15) is 9.97 Å². The van der Waals surface area contributed by atoms with Crippen molar-refractivity contribution in [1.82, 2.24) is 24.8 Å². The van der Waals surface area contributed by atoms with Gasteiger partial charge in [-0.25, -0.2) is 23.4 Å². The second kappa shape index (κ2) is 11.7. The molecule has 240 valence electrons. The van der Waals surface area contributed by atoms with Crippen molar-refractivity contribution in [1.29, 1.82) is 0 Å². The van der Waals surface area contributed by atoms with E-state index in [0.29, 0.717) is 26.1 Å². The van der Waals surface area contributed by atoms with Gasteiger partial charge in [0.05, 0.1) is 23.6 Å². The smallest absolute Gasteiger partial charge is 0.410 e. The van der Waals surface area contributed by atoms with Crippen molar-refractivity contribution in [3.63, 3.8) is 0 Å². The van der Waals surface area contributed by atoms with Gasteiger partial charge in [-0.3, -0.25) is 4.90 Å². The van der Waals surface area contributed by atoms with Crippen LogP contribution in [0.25, 0.3) is 10.9 Å². The molecule has 0 spiro atoms. The highest BCUT2D eigenvalue weighted by atomic mass is 35.5. The van der Waals surface area contributed by atoms with Crippen molar-refractivity contribution in [3.8, 4) is 6.01 Å². The van der Waals surface area contributed by atoms with Gasteiger partial charge >= 0.3 is 18.1 Å². The van der Waals surface area contributed by atoms with Crippen LogP contribution in [0.15, 0.2) is 0 Å². The van der Waals surface area contributed by atoms with Gasteiger partial charge in [-0.15, -0.1) is 0 Å². The molecule has 14 heteroatoms. The fourth-order valence-corrected chi connectivity index (χ4v) is 7.38. The number of nitrogens with zero attached hydrogens (tertiary/aromatic N) is 6. The molecular weight excluding hydrogens is 598 g/mol. The number of carbonyl (C=O) groups is 2. The second-order valence-corrected chi connectivity index (χ2v) is 13.6. The first-order valence-corrected chi connectivity index (χ1v) is 15.8. The molecule has 0 aromatic carbocycles. The molecule has 5 fully saturated rings. The molecule has 5 aliphatic heterocycles. The van der Waals surface area contributed by atoms with Gasteiger partial charge in [0.25, 0.3) is 0 Å². The number of alkyl halides is 1. The molecule has 2 unspecified atom stereocenters. The topological polar surface area (TPSA) is 110 Å². The summed E-state index contributed by atoms with van der Waals surface area (Å²) in [4.78, 5) is 45.4. The van der Waals surface area contributed by atoms with Crippen molar-refractivity contribution < 1.29 is 32.6 Å². The number of amides is 1. The Bertz CT molecular complexity index is 1460. The lowest BCUT2D eigenvalue weighted by molar-refractivity contribution is 0.0123. The van der Waals surface area contributed by atoms with Crippen LogP contribution in [-0.2, 0) is 9.47 Å². The minimum atomic E-state index is -0.943. The monoisotopic (exact) mass is 636 g/mol. The van der Waals surface area contributed by atoms with Crippen molar-refractivity contribution >= 4 is 40.4 Å². The van der Waals surface area contributed by atoms with E-state index in [9.17, 15) is 14.0 Å². The van der Waals surface area contributed by atoms with E-state index < -0.39 is 34.3 Å². The molecule has 2 bridgehead atoms. The quantitative estimate of drug-likeness (QED) is 0.320. The summed E-state index contributed by atoms with van der Waals surface area (Å²) in [5, 5.41) is -0.458. The summed E-state index contributed by atoms with van der Waals surface area (Å²) < 4.78 is 47.3. The van der Waals surface area contributed by atoms with Gasteiger partial charge in [0.1, 0.15) is 29.7 Å². The Balaban J connectivity index is 1.42. The number of piperazine rings is 1. The van der Waals surface area contributed by atoms with Gasteiger partial charge in [-0.05, 0) is 66.3 Å². The molecule has 2 aromatic heterocycles. The molecule has 1 amide bonds. The van der Waals surface area contributed by atoms with Gasteiger partial charge in [0.2, 0.25) is 0 Å². The number of aromatic nitrogens is 3. The molecule has 4 atom stereocenters. The van der Waals surface area contributed by atoms with E-state index in [-0.39, 0.29) is 59.8 Å². The molecule has 44 heavy (non-hydrogen) atoms. The summed E-state index contributed by atoms with van der Waals surface area (Å²) in [5.41, 5.74) is -1.54. The zero-order valence-corrected chi connectivity index (χ0v) is 26.3. The van der Waals surface area contributed by atoms with E-state index in [1.54, 1.807) is 11.8 Å². The Kier molecular flexibility index (Phi) is 8.23. The van der Waals surface area contributed by atoms with Crippen LogP contribution in [0.2, 0.25) is 5.15 Å². The number of esters is 1. The third-order valence-corrected chi connectivity index (χ3v) is 9.33. The van der Waals surface area contributed by atoms with E-state index in [4.69, 9.17) is 30.8 Å². The number of carbonyl (C=O) groups excluding carboxylic acids is 2. The van der Waals surface area contributed by atoms with E-state index in [1.807, 2.05) is 25.7 Å². The highest BCUT2D eigenvalue weighted by Gasteiger charge is 2.49. The lowest BCUT2D eigenvalue weighted by atomic mass is 9.95. The third-order valence-electron chi connectivity index (χ3n) is 9.08. The molecule has 0 saturated carbocycles. The fourth-order valence-electron chi connectivity index (χ4n) is 7.21. The van der Waals surface area contributed by atoms with Crippen LogP contribution < -0.4 is 9.64 Å². The minimum Gasteiger partial charge on any atom is -0.461 e. The van der Waals surface area contributed by atoms with Gasteiger partial charge in [0.15, 0.2) is 16.7 Å². The predicted octanol–water partition coefficient (Wildman–Crippen LogP) is 4.93. The summed E-state index contributed by atoms with van der Waals surface area (Å²) >= 11 is 6.18. The number of fused-ring (bicyclic) bond motifs is 6. The van der Waals surface area contributed by atoms with Crippen molar-refractivity contribution in [2.75, 3.05) is 44.3 Å². The van der Waals surface area contributed by atoms with E-state index in [2.05, 4.69) is 14.9 Å². The van der Waals surface area contributed by atoms with Gasteiger partial charge in [0, 0.05) is 32.1 Å². The molecular formula is C30H39ClF2N6O5. The van der Waals surface area contributed by atoms with E-state index >= 15 is 4.39 Å². The summed E-state index contributed by atoms with van der Waals surface area (Å²) in [6.45, 7) is 9.22. The number of pyridine rings is 1. The number of hydrogen-bond acceptors (Lipinski definition) is 10. The van der Waals surface area contributed by atoms with Crippen LogP contribution in [0.3, 0.4) is 0 Å². The maximum atomic E-state index is 15.7. The van der Waals surface area contributed by atoms with Crippen LogP contribution in [-0.4, -0.2) is 106 Å². The first kappa shape index (κ1) is 30.9.